The lowest BCUT2D eigenvalue weighted by molar-refractivity contribution is 0.590. The molecule has 1 aromatic rings. The van der Waals surface area contributed by atoms with E-state index in [2.05, 4.69) is 0 Å². The van der Waals surface area contributed by atoms with Crippen molar-refractivity contribution in [3.8, 4) is 0 Å². The number of rotatable bonds is 1. The molecular formula is C7H8FIOSi. The number of hydrogen-bond donors (Lipinski definition) is 1. The van der Waals surface area contributed by atoms with Crippen LogP contribution in [0.1, 0.15) is 0 Å². The van der Waals surface area contributed by atoms with Crippen LogP contribution in [0, 0.1) is 5.82 Å². The zero-order chi connectivity index (χ0) is 8.48. The van der Waals surface area contributed by atoms with Crippen molar-refractivity contribution < 1.29 is 9.19 Å². The molecule has 0 fully saturated rings. The van der Waals surface area contributed by atoms with Gasteiger partial charge in [-0.25, -0.2) is 4.39 Å². The largest absolute Gasteiger partial charge is 0.420 e. The fourth-order valence-electron chi connectivity index (χ4n) is 0.754. The van der Waals surface area contributed by atoms with E-state index in [9.17, 15) is 9.19 Å². The van der Waals surface area contributed by atoms with Gasteiger partial charge in [0.1, 0.15) is 5.82 Å². The van der Waals surface area contributed by atoms with Crippen LogP contribution in [0.5, 0.6) is 0 Å². The minimum Gasteiger partial charge on any atom is -0.420 e. The van der Waals surface area contributed by atoms with Crippen LogP contribution in [0.2, 0.25) is 6.55 Å². The third-order valence-electron chi connectivity index (χ3n) is 1.37. The first-order chi connectivity index (χ1) is 5.00. The van der Waals surface area contributed by atoms with Gasteiger partial charge in [-0.2, -0.15) is 0 Å². The van der Waals surface area contributed by atoms with E-state index in [1.54, 1.807) is 18.7 Å². The first-order valence-corrected chi connectivity index (χ1v) is 8.73. The third-order valence-corrected chi connectivity index (χ3v) is 4.63. The summed E-state index contributed by atoms with van der Waals surface area (Å²) in [6.07, 6.45) is 0. The molecule has 0 radical (unpaired) electrons. The smallest absolute Gasteiger partial charge is 0.284 e. The molecule has 11 heavy (non-hydrogen) atoms. The van der Waals surface area contributed by atoms with E-state index in [1.807, 2.05) is 21.8 Å². The van der Waals surface area contributed by atoms with Crippen LogP contribution in [0.3, 0.4) is 0 Å². The van der Waals surface area contributed by atoms with Crippen LogP contribution in [-0.4, -0.2) is 10.6 Å². The molecule has 4 heteroatoms. The second-order valence-electron chi connectivity index (χ2n) is 2.46. The maximum Gasteiger partial charge on any atom is 0.284 e. The zero-order valence-corrected chi connectivity index (χ0v) is 9.17. The van der Waals surface area contributed by atoms with E-state index in [4.69, 9.17) is 0 Å². The van der Waals surface area contributed by atoms with Crippen molar-refractivity contribution in [2.45, 2.75) is 6.55 Å². The second kappa shape index (κ2) is 3.20. The maximum atomic E-state index is 12.4. The molecule has 0 aliphatic heterocycles. The standard InChI is InChI=1S/C7H8FIOSi/c1-11(9,10)7-4-2-6(8)3-5-7/h2-5,10H,1H3. The second-order valence-corrected chi connectivity index (χ2v) is 11.2. The Morgan fingerprint density at radius 2 is 1.82 bits per heavy atom. The van der Waals surface area contributed by atoms with E-state index >= 15 is 0 Å². The summed E-state index contributed by atoms with van der Waals surface area (Å²) in [5.74, 6) is -2.51. The molecule has 0 aromatic heterocycles. The highest BCUT2D eigenvalue weighted by Gasteiger charge is 2.22. The lowest BCUT2D eigenvalue weighted by atomic mass is 10.3. The van der Waals surface area contributed by atoms with Crippen LogP contribution in [0.4, 0.5) is 4.39 Å². The Labute approximate surface area is 78.6 Å². The van der Waals surface area contributed by atoms with Crippen molar-refractivity contribution in [3.63, 3.8) is 0 Å². The average molecular weight is 282 g/mol. The van der Waals surface area contributed by atoms with Crippen LogP contribution >= 0.6 is 21.8 Å². The summed E-state index contributed by atoms with van der Waals surface area (Å²) in [4.78, 5) is 9.58. The summed E-state index contributed by atoms with van der Waals surface area (Å²) in [7, 11) is 0. The van der Waals surface area contributed by atoms with Gasteiger partial charge in [0.05, 0.1) is 0 Å². The number of halogens is 2. The summed E-state index contributed by atoms with van der Waals surface area (Å²) >= 11 is 2.03. The van der Waals surface area contributed by atoms with E-state index in [0.29, 0.717) is 0 Å². The first-order valence-electron chi connectivity index (χ1n) is 3.17. The molecule has 0 saturated heterocycles. The quantitative estimate of drug-likeness (QED) is 0.470. The minimum absolute atomic E-state index is 0.261. The molecule has 0 amide bonds. The topological polar surface area (TPSA) is 20.2 Å². The molecule has 0 saturated carbocycles. The predicted octanol–water partition coefficient (Wildman–Crippen LogP) is 1.53. The molecule has 0 spiro atoms. The van der Waals surface area contributed by atoms with E-state index in [1.165, 1.54) is 12.1 Å². The summed E-state index contributed by atoms with van der Waals surface area (Å²) in [6.45, 7) is 1.79. The van der Waals surface area contributed by atoms with Crippen LogP contribution < -0.4 is 5.19 Å². The Hall–Kier alpha value is 0.0569. The zero-order valence-electron chi connectivity index (χ0n) is 6.01. The normalized spacial score (nSPS) is 16.0. The first kappa shape index (κ1) is 9.15. The highest BCUT2D eigenvalue weighted by molar-refractivity contribution is 14.1. The van der Waals surface area contributed by atoms with Gasteiger partial charge in [0.25, 0.3) is 5.81 Å². The Bertz CT molecular complexity index is 242. The van der Waals surface area contributed by atoms with Gasteiger partial charge < -0.3 is 4.80 Å². The van der Waals surface area contributed by atoms with Gasteiger partial charge in [-0.15, -0.1) is 0 Å². The molecular weight excluding hydrogens is 274 g/mol. The van der Waals surface area contributed by atoms with Crippen molar-refractivity contribution >= 4 is 32.8 Å². The Balaban J connectivity index is 2.99. The molecule has 1 N–H and O–H groups in total. The Kier molecular flexibility index (Phi) is 2.66. The molecule has 1 unspecified atom stereocenters. The molecule has 1 nitrogen and oxygen atoms in total. The van der Waals surface area contributed by atoms with Gasteiger partial charge in [-0.3, -0.25) is 0 Å². The Morgan fingerprint density at radius 3 is 2.18 bits per heavy atom. The molecule has 0 aliphatic rings. The van der Waals surface area contributed by atoms with Gasteiger partial charge in [-0.1, -0.05) is 33.9 Å². The maximum absolute atomic E-state index is 12.4. The van der Waals surface area contributed by atoms with Gasteiger partial charge >= 0.3 is 0 Å². The summed E-state index contributed by atoms with van der Waals surface area (Å²) < 4.78 is 12.4. The SMILES string of the molecule is C[Si](O)(I)c1ccc(F)cc1. The van der Waals surface area contributed by atoms with Crippen molar-refractivity contribution in [1.82, 2.24) is 0 Å². The molecule has 0 bridgehead atoms. The minimum atomic E-state index is -2.25. The van der Waals surface area contributed by atoms with Gasteiger partial charge in [-0.05, 0) is 23.9 Å². The average Bonchev–Trinajstić information content (AvgIpc) is 1.86. The third kappa shape index (κ3) is 2.53. The lowest BCUT2D eigenvalue weighted by Gasteiger charge is -2.11. The van der Waals surface area contributed by atoms with Crippen LogP contribution in [0.15, 0.2) is 24.3 Å². The molecule has 1 aromatic carbocycles. The molecule has 0 heterocycles. The molecule has 60 valence electrons. The molecule has 0 aliphatic carbocycles. The van der Waals surface area contributed by atoms with E-state index in [-0.39, 0.29) is 5.82 Å². The van der Waals surface area contributed by atoms with Crippen molar-refractivity contribution in [3.05, 3.63) is 30.1 Å². The molecule has 1 atom stereocenters. The monoisotopic (exact) mass is 282 g/mol. The lowest BCUT2D eigenvalue weighted by Crippen LogP contribution is -2.37. The van der Waals surface area contributed by atoms with Gasteiger partial charge in [0.2, 0.25) is 0 Å². The number of hydrogen-bond acceptors (Lipinski definition) is 1. The summed E-state index contributed by atoms with van der Waals surface area (Å²) in [6, 6.07) is 6.01. The summed E-state index contributed by atoms with van der Waals surface area (Å²) in [5.41, 5.74) is 0. The van der Waals surface area contributed by atoms with Crippen LogP contribution in [0.25, 0.3) is 0 Å². The van der Waals surface area contributed by atoms with Gasteiger partial charge in [0, 0.05) is 0 Å². The highest BCUT2D eigenvalue weighted by atomic mass is 127. The summed E-state index contributed by atoms with van der Waals surface area (Å²) in [5, 5.41) is 0.847. The fraction of sp³-hybridized carbons (Fsp3) is 0.143. The van der Waals surface area contributed by atoms with Gasteiger partial charge in [0.15, 0.2) is 0 Å². The number of benzene rings is 1. The van der Waals surface area contributed by atoms with Crippen molar-refractivity contribution in [1.29, 1.82) is 0 Å². The van der Waals surface area contributed by atoms with Crippen molar-refractivity contribution in [2.75, 3.05) is 0 Å². The van der Waals surface area contributed by atoms with E-state index in [0.717, 1.165) is 5.19 Å². The Morgan fingerprint density at radius 1 is 1.36 bits per heavy atom. The van der Waals surface area contributed by atoms with Crippen LogP contribution in [-0.2, 0) is 0 Å². The predicted molar refractivity (Wildman–Crippen MR) is 53.9 cm³/mol. The molecule has 1 rings (SSSR count). The fourth-order valence-corrected chi connectivity index (χ4v) is 2.61. The highest BCUT2D eigenvalue weighted by Crippen LogP contribution is 2.08. The van der Waals surface area contributed by atoms with Crippen molar-refractivity contribution in [2.24, 2.45) is 0 Å². The van der Waals surface area contributed by atoms with E-state index < -0.39 is 5.81 Å².